The molecule has 32 heavy (non-hydrogen) atoms. The van der Waals surface area contributed by atoms with Crippen LogP contribution < -0.4 is 10.2 Å². The Labute approximate surface area is 186 Å². The number of nitrogens with zero attached hydrogens (tertiary/aromatic N) is 6. The lowest BCUT2D eigenvalue weighted by Gasteiger charge is -2.33. The van der Waals surface area contributed by atoms with Crippen LogP contribution in [0.15, 0.2) is 24.3 Å². The molecule has 3 heterocycles. The Bertz CT molecular complexity index is 1200. The number of aryl methyl sites for hydroxylation is 2. The van der Waals surface area contributed by atoms with Crippen molar-refractivity contribution in [3.8, 4) is 0 Å². The van der Waals surface area contributed by atoms with Crippen molar-refractivity contribution in [1.29, 1.82) is 0 Å². The van der Waals surface area contributed by atoms with Gasteiger partial charge in [-0.25, -0.2) is 4.98 Å². The number of fused-ring (bicyclic) bond motifs is 1. The first-order valence-corrected chi connectivity index (χ1v) is 10.6. The summed E-state index contributed by atoms with van der Waals surface area (Å²) in [7, 11) is 2.13. The first-order chi connectivity index (χ1) is 15.2. The number of likely N-dealkylation sites (N-methyl/N-ethyl adjacent to an activating group) is 1. The van der Waals surface area contributed by atoms with Crippen molar-refractivity contribution in [3.05, 3.63) is 51.3 Å². The average molecular weight is 438 g/mol. The molecule has 0 atom stereocenters. The second kappa shape index (κ2) is 8.54. The van der Waals surface area contributed by atoms with Crippen LogP contribution >= 0.6 is 0 Å². The van der Waals surface area contributed by atoms with Crippen molar-refractivity contribution in [2.24, 2.45) is 0 Å². The maximum Gasteiger partial charge on any atom is 0.312 e. The van der Waals surface area contributed by atoms with Crippen molar-refractivity contribution in [2.45, 2.75) is 27.3 Å². The molecule has 168 valence electrons. The van der Waals surface area contributed by atoms with Gasteiger partial charge in [0, 0.05) is 37.3 Å². The zero-order valence-electron chi connectivity index (χ0n) is 18.8. The number of carbonyl (C=O) groups excluding carboxylic acids is 1. The maximum atomic E-state index is 12.6. The summed E-state index contributed by atoms with van der Waals surface area (Å²) in [6, 6.07) is 7.73. The lowest BCUT2D eigenvalue weighted by molar-refractivity contribution is -0.386. The first-order valence-electron chi connectivity index (χ1n) is 10.6. The molecule has 10 nitrogen and oxygen atoms in total. The highest BCUT2D eigenvalue weighted by Gasteiger charge is 2.23. The molecule has 1 fully saturated rings. The van der Waals surface area contributed by atoms with Crippen LogP contribution in [0.4, 0.5) is 17.2 Å². The minimum absolute atomic E-state index is 0.0543. The van der Waals surface area contributed by atoms with Crippen LogP contribution in [0.25, 0.3) is 10.9 Å². The Morgan fingerprint density at radius 1 is 1.16 bits per heavy atom. The number of nitro groups is 1. The zero-order valence-corrected chi connectivity index (χ0v) is 18.8. The van der Waals surface area contributed by atoms with Gasteiger partial charge in [0.2, 0.25) is 5.91 Å². The summed E-state index contributed by atoms with van der Waals surface area (Å²) < 4.78 is 1.36. The van der Waals surface area contributed by atoms with E-state index in [-0.39, 0.29) is 18.1 Å². The molecule has 0 bridgehead atoms. The van der Waals surface area contributed by atoms with Crippen LogP contribution in [-0.4, -0.2) is 63.7 Å². The molecular formula is C22H27N7O3. The Balaban J connectivity index is 1.51. The highest BCUT2D eigenvalue weighted by atomic mass is 16.6. The van der Waals surface area contributed by atoms with Crippen LogP contribution in [0, 0.1) is 30.9 Å². The summed E-state index contributed by atoms with van der Waals surface area (Å²) >= 11 is 0. The van der Waals surface area contributed by atoms with E-state index in [1.54, 1.807) is 13.8 Å². The number of piperazine rings is 1. The third-order valence-electron chi connectivity index (χ3n) is 5.93. The Hall–Kier alpha value is -3.53. The first kappa shape index (κ1) is 21.7. The van der Waals surface area contributed by atoms with Crippen LogP contribution in [0.2, 0.25) is 0 Å². The van der Waals surface area contributed by atoms with Crippen LogP contribution in [0.1, 0.15) is 17.0 Å². The summed E-state index contributed by atoms with van der Waals surface area (Å²) in [5.74, 6) is 0.676. The van der Waals surface area contributed by atoms with Gasteiger partial charge in [0.25, 0.3) is 0 Å². The predicted octanol–water partition coefficient (Wildman–Crippen LogP) is 2.66. The number of carbonyl (C=O) groups is 1. The SMILES string of the molecule is Cc1nn(CC(=O)Nc2ccc3nc(N4CCN(C)CC4)cc(C)c3c2)c(C)c1[N+](=O)[O-]. The van der Waals surface area contributed by atoms with Gasteiger partial charge in [0.15, 0.2) is 0 Å². The largest absolute Gasteiger partial charge is 0.354 e. The third kappa shape index (κ3) is 4.26. The van der Waals surface area contributed by atoms with E-state index in [0.717, 1.165) is 48.5 Å². The van der Waals surface area contributed by atoms with Gasteiger partial charge in [-0.15, -0.1) is 0 Å². The van der Waals surface area contributed by atoms with Crippen LogP contribution in [-0.2, 0) is 11.3 Å². The van der Waals surface area contributed by atoms with Crippen LogP contribution in [0.5, 0.6) is 0 Å². The van der Waals surface area contributed by atoms with E-state index in [1.165, 1.54) is 4.68 Å². The molecule has 1 N–H and O–H groups in total. The van der Waals surface area contributed by atoms with E-state index in [0.29, 0.717) is 17.1 Å². The van der Waals surface area contributed by atoms with E-state index in [1.807, 2.05) is 25.1 Å². The molecule has 0 aliphatic carbocycles. The number of amides is 1. The molecule has 2 aromatic heterocycles. The fourth-order valence-electron chi connectivity index (χ4n) is 4.09. The van der Waals surface area contributed by atoms with Crippen molar-refractivity contribution in [1.82, 2.24) is 19.7 Å². The Morgan fingerprint density at radius 2 is 1.88 bits per heavy atom. The van der Waals surface area contributed by atoms with Gasteiger partial charge >= 0.3 is 5.69 Å². The number of benzene rings is 1. The summed E-state index contributed by atoms with van der Waals surface area (Å²) in [6.07, 6.45) is 0. The quantitative estimate of drug-likeness (QED) is 0.483. The molecule has 0 unspecified atom stereocenters. The monoisotopic (exact) mass is 437 g/mol. The zero-order chi connectivity index (χ0) is 23.0. The van der Waals surface area contributed by atoms with E-state index >= 15 is 0 Å². The van der Waals surface area contributed by atoms with Crippen molar-refractivity contribution >= 4 is 34.0 Å². The Morgan fingerprint density at radius 3 is 2.53 bits per heavy atom. The van der Waals surface area contributed by atoms with Crippen molar-refractivity contribution < 1.29 is 9.72 Å². The number of anilines is 2. The molecule has 1 saturated heterocycles. The third-order valence-corrected chi connectivity index (χ3v) is 5.93. The van der Waals surface area contributed by atoms with Crippen molar-refractivity contribution in [2.75, 3.05) is 43.4 Å². The van der Waals surface area contributed by atoms with E-state index in [4.69, 9.17) is 4.98 Å². The van der Waals surface area contributed by atoms with E-state index < -0.39 is 4.92 Å². The number of nitrogens with one attached hydrogen (secondary N) is 1. The van der Waals surface area contributed by atoms with Crippen molar-refractivity contribution in [3.63, 3.8) is 0 Å². The number of aromatic nitrogens is 3. The van der Waals surface area contributed by atoms with Gasteiger partial charge in [-0.05, 0) is 57.6 Å². The molecule has 0 saturated carbocycles. The molecule has 1 amide bonds. The normalized spacial score (nSPS) is 14.7. The molecule has 1 aliphatic heterocycles. The van der Waals surface area contributed by atoms with Gasteiger partial charge in [0.05, 0.1) is 10.4 Å². The fraction of sp³-hybridized carbons (Fsp3) is 0.409. The molecule has 0 spiro atoms. The Kier molecular flexibility index (Phi) is 5.79. The summed E-state index contributed by atoms with van der Waals surface area (Å²) in [4.78, 5) is 32.7. The minimum Gasteiger partial charge on any atom is -0.354 e. The fourth-order valence-corrected chi connectivity index (χ4v) is 4.09. The standard InChI is InChI=1S/C22H27N7O3/c1-14-11-20(27-9-7-26(4)8-10-27)24-19-6-5-17(12-18(14)19)23-21(30)13-28-16(3)22(29(31)32)15(2)25-28/h5-6,11-12H,7-10,13H2,1-4H3,(H,23,30). The van der Waals surface area contributed by atoms with Gasteiger partial charge in [0.1, 0.15) is 23.8 Å². The topological polar surface area (TPSA) is 109 Å². The number of hydrogen-bond donors (Lipinski definition) is 1. The highest BCUT2D eigenvalue weighted by molar-refractivity contribution is 5.94. The van der Waals surface area contributed by atoms with Gasteiger partial charge < -0.3 is 15.1 Å². The van der Waals surface area contributed by atoms with Gasteiger partial charge in [-0.3, -0.25) is 19.6 Å². The molecule has 1 aliphatic rings. The molecule has 3 aromatic rings. The number of hydrogen-bond acceptors (Lipinski definition) is 7. The second-order valence-corrected chi connectivity index (χ2v) is 8.30. The van der Waals surface area contributed by atoms with E-state index in [2.05, 4.69) is 33.3 Å². The molecule has 0 radical (unpaired) electrons. The number of pyridine rings is 1. The predicted molar refractivity (Wildman–Crippen MR) is 123 cm³/mol. The molecular weight excluding hydrogens is 410 g/mol. The molecule has 1 aromatic carbocycles. The summed E-state index contributed by atoms with van der Waals surface area (Å²) in [5.41, 5.74) is 3.22. The van der Waals surface area contributed by atoms with E-state index in [9.17, 15) is 14.9 Å². The smallest absolute Gasteiger partial charge is 0.312 e. The second-order valence-electron chi connectivity index (χ2n) is 8.30. The summed E-state index contributed by atoms with van der Waals surface area (Å²) in [6.45, 7) is 9.04. The highest BCUT2D eigenvalue weighted by Crippen LogP contribution is 2.26. The maximum absolute atomic E-state index is 12.6. The van der Waals surface area contributed by atoms with Gasteiger partial charge in [-0.2, -0.15) is 5.10 Å². The molecule has 4 rings (SSSR count). The summed E-state index contributed by atoms with van der Waals surface area (Å²) in [5, 5.41) is 19.1. The molecule has 10 heteroatoms. The van der Waals surface area contributed by atoms with Crippen LogP contribution in [0.3, 0.4) is 0 Å². The van der Waals surface area contributed by atoms with Gasteiger partial charge in [-0.1, -0.05) is 0 Å². The minimum atomic E-state index is -0.471. The lowest BCUT2D eigenvalue weighted by atomic mass is 10.1. The number of rotatable bonds is 5. The average Bonchev–Trinajstić information content (AvgIpc) is 3.01. The lowest BCUT2D eigenvalue weighted by Crippen LogP contribution is -2.44.